The predicted molar refractivity (Wildman–Crippen MR) is 157 cm³/mol. The Morgan fingerprint density at radius 2 is 1.85 bits per heavy atom. The molecule has 0 saturated carbocycles. The quantitative estimate of drug-likeness (QED) is 0.108. The molecule has 4 aromatic rings. The molecule has 11 heteroatoms. The number of nitrogen functional groups attached to an aromatic ring is 1. The molecule has 2 aromatic heterocycles. The molecule has 0 unspecified atom stereocenters. The normalized spacial score (nSPS) is 13.0. The van der Waals surface area contributed by atoms with E-state index in [1.807, 2.05) is 0 Å². The van der Waals surface area contributed by atoms with Gasteiger partial charge < -0.3 is 32.0 Å². The lowest BCUT2D eigenvalue weighted by atomic mass is 10.0. The van der Waals surface area contributed by atoms with E-state index in [2.05, 4.69) is 31.2 Å². The molecule has 0 saturated heterocycles. The standard InChI is InChI=1S/C30H28FN7O3/c1-16-25(14-21-20-13-19(31)8-9-23(20)37-29(21)40)36-17(2)27(16)30(41)34-12-11-33-26-10-7-18(15-35-26)28(39)38-24-6-4-3-5-22(24)32/h3-10,13-15,36H,11-12,32H2,1-2H3,(H,33,35)(H,34,41)(H,37,40)(H,38,39). The number of aryl methyl sites for hydroxylation is 1. The summed E-state index contributed by atoms with van der Waals surface area (Å²) in [6.07, 6.45) is 3.08. The van der Waals surface area contributed by atoms with Crippen molar-refractivity contribution in [3.05, 3.63) is 100 Å². The second-order valence-electron chi connectivity index (χ2n) is 9.52. The van der Waals surface area contributed by atoms with Crippen LogP contribution in [-0.4, -0.2) is 40.8 Å². The number of amides is 3. The van der Waals surface area contributed by atoms with Crippen LogP contribution in [0.15, 0.2) is 60.8 Å². The molecule has 7 N–H and O–H groups in total. The van der Waals surface area contributed by atoms with E-state index < -0.39 is 5.82 Å². The Hall–Kier alpha value is -5.45. The van der Waals surface area contributed by atoms with Gasteiger partial charge in [0.1, 0.15) is 11.6 Å². The third kappa shape index (κ3) is 5.78. The number of aromatic nitrogens is 2. The number of H-pyrrole nitrogens is 1. The number of nitrogens with two attached hydrogens (primary N) is 1. The number of aromatic amines is 1. The van der Waals surface area contributed by atoms with Gasteiger partial charge in [0.15, 0.2) is 0 Å². The van der Waals surface area contributed by atoms with Gasteiger partial charge in [0.2, 0.25) is 0 Å². The van der Waals surface area contributed by atoms with Gasteiger partial charge in [0.25, 0.3) is 17.7 Å². The van der Waals surface area contributed by atoms with Crippen LogP contribution >= 0.6 is 0 Å². The Kier molecular flexibility index (Phi) is 7.51. The fourth-order valence-electron chi connectivity index (χ4n) is 4.60. The number of hydrogen-bond acceptors (Lipinski definition) is 6. The summed E-state index contributed by atoms with van der Waals surface area (Å²) in [6.45, 7) is 4.27. The Balaban J connectivity index is 1.17. The van der Waals surface area contributed by atoms with Crippen LogP contribution in [0.3, 0.4) is 0 Å². The molecule has 10 nitrogen and oxygen atoms in total. The molecule has 0 bridgehead atoms. The van der Waals surface area contributed by atoms with Crippen molar-refractivity contribution in [2.24, 2.45) is 0 Å². The van der Waals surface area contributed by atoms with Gasteiger partial charge in [-0.15, -0.1) is 0 Å². The summed E-state index contributed by atoms with van der Waals surface area (Å²) in [5.74, 6) is -0.830. The highest BCUT2D eigenvalue weighted by atomic mass is 19.1. The monoisotopic (exact) mass is 553 g/mol. The lowest BCUT2D eigenvalue weighted by molar-refractivity contribution is -0.110. The third-order valence-electron chi connectivity index (χ3n) is 6.71. The number of nitrogens with one attached hydrogen (secondary N) is 5. The minimum Gasteiger partial charge on any atom is -0.397 e. The van der Waals surface area contributed by atoms with Gasteiger partial charge in [-0.1, -0.05) is 12.1 Å². The van der Waals surface area contributed by atoms with Gasteiger partial charge >= 0.3 is 0 Å². The van der Waals surface area contributed by atoms with E-state index in [1.165, 1.54) is 24.4 Å². The molecule has 41 heavy (non-hydrogen) atoms. The van der Waals surface area contributed by atoms with Crippen LogP contribution in [0.1, 0.15) is 43.2 Å². The first-order valence-electron chi connectivity index (χ1n) is 12.9. The molecule has 5 rings (SSSR count). The van der Waals surface area contributed by atoms with Crippen LogP contribution in [0.25, 0.3) is 11.6 Å². The molecule has 0 atom stereocenters. The average molecular weight is 554 g/mol. The first-order valence-corrected chi connectivity index (χ1v) is 12.9. The van der Waals surface area contributed by atoms with Crippen molar-refractivity contribution in [3.8, 4) is 0 Å². The number of halogens is 1. The van der Waals surface area contributed by atoms with Crippen molar-refractivity contribution in [3.63, 3.8) is 0 Å². The molecule has 0 aliphatic carbocycles. The van der Waals surface area contributed by atoms with Gasteiger partial charge in [-0.25, -0.2) is 9.37 Å². The summed E-state index contributed by atoms with van der Waals surface area (Å²) < 4.78 is 13.8. The number of para-hydroxylation sites is 2. The maximum absolute atomic E-state index is 13.8. The summed E-state index contributed by atoms with van der Waals surface area (Å²) in [4.78, 5) is 45.3. The largest absolute Gasteiger partial charge is 0.397 e. The minimum atomic E-state index is -0.440. The van der Waals surface area contributed by atoms with Crippen molar-refractivity contribution >= 4 is 52.3 Å². The number of anilines is 4. The molecule has 1 aliphatic rings. The molecule has 208 valence electrons. The number of carbonyl (C=O) groups excluding carboxylic acids is 3. The number of nitrogens with zero attached hydrogens (tertiary/aromatic N) is 1. The van der Waals surface area contributed by atoms with Gasteiger partial charge in [-0.05, 0) is 68.0 Å². The summed E-state index contributed by atoms with van der Waals surface area (Å²) >= 11 is 0. The van der Waals surface area contributed by atoms with Gasteiger partial charge in [0, 0.05) is 41.9 Å². The topological polar surface area (TPSA) is 154 Å². The Labute approximate surface area is 235 Å². The summed E-state index contributed by atoms with van der Waals surface area (Å²) in [6, 6.07) is 14.4. The van der Waals surface area contributed by atoms with Crippen molar-refractivity contribution in [2.45, 2.75) is 13.8 Å². The fourth-order valence-corrected chi connectivity index (χ4v) is 4.60. The predicted octanol–water partition coefficient (Wildman–Crippen LogP) is 4.33. The van der Waals surface area contributed by atoms with Crippen LogP contribution in [-0.2, 0) is 4.79 Å². The molecular weight excluding hydrogens is 525 g/mol. The van der Waals surface area contributed by atoms with Crippen LogP contribution < -0.4 is 27.0 Å². The van der Waals surface area contributed by atoms with Crippen LogP contribution in [0.2, 0.25) is 0 Å². The lowest BCUT2D eigenvalue weighted by Crippen LogP contribution is -2.29. The van der Waals surface area contributed by atoms with Crippen LogP contribution in [0, 0.1) is 19.7 Å². The van der Waals surface area contributed by atoms with Gasteiger partial charge in [-0.2, -0.15) is 0 Å². The zero-order valence-electron chi connectivity index (χ0n) is 22.4. The highest BCUT2D eigenvalue weighted by molar-refractivity contribution is 6.35. The smallest absolute Gasteiger partial charge is 0.257 e. The SMILES string of the molecule is Cc1[nH]c(C=C2C(=O)Nc3ccc(F)cc32)c(C)c1C(=O)NCCNc1ccc(C(=O)Nc2ccccc2N)cn1. The number of benzene rings is 2. The Morgan fingerprint density at radius 3 is 2.61 bits per heavy atom. The molecular formula is C30H28FN7O3. The highest BCUT2D eigenvalue weighted by Crippen LogP contribution is 2.34. The Bertz CT molecular complexity index is 1690. The second-order valence-corrected chi connectivity index (χ2v) is 9.52. The van der Waals surface area contributed by atoms with Crippen LogP contribution in [0.4, 0.5) is 27.3 Å². The Morgan fingerprint density at radius 1 is 1.05 bits per heavy atom. The van der Waals surface area contributed by atoms with Crippen LogP contribution in [0.5, 0.6) is 0 Å². The van der Waals surface area contributed by atoms with E-state index in [9.17, 15) is 18.8 Å². The average Bonchev–Trinajstić information content (AvgIpc) is 3.41. The molecule has 3 amide bonds. The van der Waals surface area contributed by atoms with Gasteiger partial charge in [-0.3, -0.25) is 14.4 Å². The second kappa shape index (κ2) is 11.3. The van der Waals surface area contributed by atoms with Crippen molar-refractivity contribution < 1.29 is 18.8 Å². The molecule has 2 aromatic carbocycles. The number of pyridine rings is 1. The van der Waals surface area contributed by atoms with E-state index in [-0.39, 0.29) is 17.7 Å². The number of rotatable bonds is 8. The summed E-state index contributed by atoms with van der Waals surface area (Å²) in [5.41, 5.74) is 11.0. The molecule has 0 fully saturated rings. The summed E-state index contributed by atoms with van der Waals surface area (Å²) in [5, 5.41) is 11.5. The third-order valence-corrected chi connectivity index (χ3v) is 6.71. The van der Waals surface area contributed by atoms with E-state index in [0.29, 0.717) is 75.2 Å². The fraction of sp³-hybridized carbons (Fsp3) is 0.133. The van der Waals surface area contributed by atoms with Crippen molar-refractivity contribution in [1.29, 1.82) is 0 Å². The molecule has 1 aliphatic heterocycles. The number of carbonyl (C=O) groups is 3. The number of fused-ring (bicyclic) bond motifs is 1. The van der Waals surface area contributed by atoms with Gasteiger partial charge in [0.05, 0.1) is 28.1 Å². The van der Waals surface area contributed by atoms with Crippen molar-refractivity contribution in [2.75, 3.05) is 34.8 Å². The zero-order valence-corrected chi connectivity index (χ0v) is 22.4. The lowest BCUT2D eigenvalue weighted by Gasteiger charge is -2.10. The molecule has 3 heterocycles. The van der Waals surface area contributed by atoms with E-state index in [0.717, 1.165) is 0 Å². The first-order chi connectivity index (χ1) is 19.7. The maximum Gasteiger partial charge on any atom is 0.257 e. The van der Waals surface area contributed by atoms with E-state index >= 15 is 0 Å². The van der Waals surface area contributed by atoms with Crippen molar-refractivity contribution in [1.82, 2.24) is 15.3 Å². The summed E-state index contributed by atoms with van der Waals surface area (Å²) in [7, 11) is 0. The molecule has 0 spiro atoms. The first kappa shape index (κ1) is 27.1. The number of hydrogen-bond donors (Lipinski definition) is 6. The van der Waals surface area contributed by atoms with E-state index in [1.54, 1.807) is 56.3 Å². The minimum absolute atomic E-state index is 0.273. The van der Waals surface area contributed by atoms with E-state index in [4.69, 9.17) is 5.73 Å². The maximum atomic E-state index is 13.8. The highest BCUT2D eigenvalue weighted by Gasteiger charge is 2.26. The zero-order chi connectivity index (χ0) is 29.1. The molecule has 0 radical (unpaired) electrons.